The van der Waals surface area contributed by atoms with Crippen molar-refractivity contribution in [3.05, 3.63) is 29.3 Å². The van der Waals surface area contributed by atoms with Crippen LogP contribution in [-0.4, -0.2) is 29.1 Å². The van der Waals surface area contributed by atoms with Crippen LogP contribution in [0.3, 0.4) is 0 Å². The molecule has 1 aromatic carbocycles. The van der Waals surface area contributed by atoms with E-state index in [9.17, 15) is 19.5 Å². The minimum absolute atomic E-state index is 0.000325. The van der Waals surface area contributed by atoms with Crippen LogP contribution in [-0.2, 0) is 25.5 Å². The number of rotatable bonds is 15. The Balaban J connectivity index is 1.24. The molecule has 3 aliphatic carbocycles. The zero-order valence-corrected chi connectivity index (χ0v) is 27.5. The van der Waals surface area contributed by atoms with Crippen molar-refractivity contribution in [2.75, 3.05) is 0 Å². The van der Waals surface area contributed by atoms with Crippen molar-refractivity contribution in [2.45, 2.75) is 161 Å². The third-order valence-corrected chi connectivity index (χ3v) is 10.9. The zero-order valence-electron chi connectivity index (χ0n) is 27.5. The number of ether oxygens (including phenoxy) is 2. The van der Waals surface area contributed by atoms with Gasteiger partial charge in [-0.1, -0.05) is 77.3 Å². The van der Waals surface area contributed by atoms with Crippen LogP contribution >= 0.6 is 0 Å². The van der Waals surface area contributed by atoms with Gasteiger partial charge >= 0.3 is 17.9 Å². The highest BCUT2D eigenvalue weighted by molar-refractivity contribution is 5.77. The molecule has 0 aliphatic heterocycles. The van der Waals surface area contributed by atoms with E-state index in [1.807, 2.05) is 12.1 Å². The molecule has 3 fully saturated rings. The molecule has 1 N–H and O–H groups in total. The van der Waals surface area contributed by atoms with Crippen LogP contribution in [0.25, 0.3) is 0 Å². The summed E-state index contributed by atoms with van der Waals surface area (Å²) in [7, 11) is 0. The molecule has 0 spiro atoms. The molecule has 0 amide bonds. The lowest BCUT2D eigenvalue weighted by Gasteiger charge is -2.32. The first-order valence-electron chi connectivity index (χ1n) is 18.1. The molecule has 4 rings (SSSR count). The number of carboxylic acid groups (broad SMARTS) is 1. The molecule has 6 nitrogen and oxygen atoms in total. The van der Waals surface area contributed by atoms with Crippen molar-refractivity contribution in [3.8, 4) is 5.75 Å². The molecule has 0 heterocycles. The van der Waals surface area contributed by atoms with Crippen molar-refractivity contribution < 1.29 is 29.0 Å². The van der Waals surface area contributed by atoms with E-state index in [-0.39, 0.29) is 42.2 Å². The molecule has 0 aromatic heterocycles. The smallest absolute Gasteiger partial charge is 0.314 e. The van der Waals surface area contributed by atoms with Crippen LogP contribution in [0.4, 0.5) is 0 Å². The molecule has 3 saturated carbocycles. The molecular weight excluding hydrogens is 552 g/mol. The average molecular weight is 611 g/mol. The number of esters is 2. The highest BCUT2D eigenvalue weighted by Crippen LogP contribution is 2.39. The third kappa shape index (κ3) is 10.6. The molecule has 246 valence electrons. The first-order chi connectivity index (χ1) is 21.4. The van der Waals surface area contributed by atoms with Crippen molar-refractivity contribution in [1.82, 2.24) is 0 Å². The highest BCUT2D eigenvalue weighted by atomic mass is 16.5. The van der Waals surface area contributed by atoms with Crippen LogP contribution < -0.4 is 4.74 Å². The maximum atomic E-state index is 13.1. The lowest BCUT2D eigenvalue weighted by Crippen LogP contribution is -2.30. The summed E-state index contributed by atoms with van der Waals surface area (Å²) >= 11 is 0. The number of carbonyl (C=O) groups is 3. The standard InChI is InChI=1S/C38H58O6/c1-3-5-7-9-27-11-15-30(16-12-27)37(41)43-34-22-19-29(20-23-34)32-21-24-35(33(25-32)26-36(39)40)44-38(42)31-17-13-28(14-18-31)10-8-6-4-2/h21,24-25,27-31,34H,3-20,22-23,26H2,1-2H3,(H,39,40). The predicted octanol–water partition coefficient (Wildman–Crippen LogP) is 9.56. The van der Waals surface area contributed by atoms with Gasteiger partial charge in [0, 0.05) is 5.56 Å². The van der Waals surface area contributed by atoms with E-state index in [1.54, 1.807) is 6.07 Å². The summed E-state index contributed by atoms with van der Waals surface area (Å²) in [5, 5.41) is 9.59. The zero-order chi connectivity index (χ0) is 31.3. The van der Waals surface area contributed by atoms with Gasteiger partial charge in [0.2, 0.25) is 0 Å². The van der Waals surface area contributed by atoms with E-state index < -0.39 is 5.97 Å². The van der Waals surface area contributed by atoms with E-state index in [1.165, 1.54) is 51.4 Å². The van der Waals surface area contributed by atoms with Crippen LogP contribution in [0, 0.1) is 23.7 Å². The van der Waals surface area contributed by atoms with Crippen LogP contribution in [0.1, 0.15) is 159 Å². The lowest BCUT2D eigenvalue weighted by atomic mass is 9.79. The normalized spacial score (nSPS) is 27.4. The number of aliphatic carboxylic acids is 1. The SMILES string of the molecule is CCCCCC1CCC(C(=O)Oc2ccc(C3CCC(OC(=O)C4CCC(CCCCC)CC4)CC3)cc2CC(=O)O)CC1. The summed E-state index contributed by atoms with van der Waals surface area (Å²) in [6, 6.07) is 5.72. The Morgan fingerprint density at radius 2 is 1.25 bits per heavy atom. The van der Waals surface area contributed by atoms with Crippen molar-refractivity contribution in [2.24, 2.45) is 23.7 Å². The van der Waals surface area contributed by atoms with Gasteiger partial charge in [0.15, 0.2) is 0 Å². The van der Waals surface area contributed by atoms with Gasteiger partial charge in [-0.2, -0.15) is 0 Å². The fourth-order valence-electron chi connectivity index (χ4n) is 7.96. The molecule has 6 heteroatoms. The quantitative estimate of drug-likeness (QED) is 0.121. The number of hydrogen-bond acceptors (Lipinski definition) is 5. The molecule has 3 aliphatic rings. The summed E-state index contributed by atoms with van der Waals surface area (Å²) in [4.78, 5) is 37.7. The Morgan fingerprint density at radius 3 is 1.77 bits per heavy atom. The summed E-state index contributed by atoms with van der Waals surface area (Å²) in [6.45, 7) is 4.47. The molecule has 44 heavy (non-hydrogen) atoms. The van der Waals surface area contributed by atoms with E-state index in [4.69, 9.17) is 9.47 Å². The van der Waals surface area contributed by atoms with Gasteiger partial charge in [0.05, 0.1) is 18.3 Å². The second-order valence-electron chi connectivity index (χ2n) is 14.2. The van der Waals surface area contributed by atoms with Gasteiger partial charge in [0.1, 0.15) is 11.9 Å². The highest BCUT2D eigenvalue weighted by Gasteiger charge is 2.32. The summed E-state index contributed by atoms with van der Waals surface area (Å²) in [5.41, 5.74) is 1.65. The van der Waals surface area contributed by atoms with E-state index >= 15 is 0 Å². The lowest BCUT2D eigenvalue weighted by molar-refractivity contribution is -0.157. The molecular formula is C38H58O6. The summed E-state index contributed by atoms with van der Waals surface area (Å²) < 4.78 is 11.9. The molecule has 0 saturated heterocycles. The van der Waals surface area contributed by atoms with E-state index in [2.05, 4.69) is 13.8 Å². The Bertz CT molecular complexity index is 1040. The van der Waals surface area contributed by atoms with Gasteiger partial charge < -0.3 is 14.6 Å². The van der Waals surface area contributed by atoms with Gasteiger partial charge in [-0.3, -0.25) is 14.4 Å². The van der Waals surface area contributed by atoms with Crippen molar-refractivity contribution >= 4 is 17.9 Å². The first-order valence-corrected chi connectivity index (χ1v) is 18.1. The van der Waals surface area contributed by atoms with Crippen LogP contribution in [0.2, 0.25) is 0 Å². The van der Waals surface area contributed by atoms with Crippen LogP contribution in [0.15, 0.2) is 18.2 Å². The molecule has 1 aromatic rings. The molecule has 0 atom stereocenters. The van der Waals surface area contributed by atoms with Gasteiger partial charge in [-0.15, -0.1) is 0 Å². The van der Waals surface area contributed by atoms with Crippen molar-refractivity contribution in [1.29, 1.82) is 0 Å². The van der Waals surface area contributed by atoms with E-state index in [0.29, 0.717) is 17.2 Å². The number of carbonyl (C=O) groups excluding carboxylic acids is 2. The minimum Gasteiger partial charge on any atom is -0.481 e. The number of hydrogen-bond donors (Lipinski definition) is 1. The number of carboxylic acids is 1. The average Bonchev–Trinajstić information content (AvgIpc) is 3.03. The Morgan fingerprint density at radius 1 is 0.705 bits per heavy atom. The van der Waals surface area contributed by atoms with Gasteiger partial charge in [0.25, 0.3) is 0 Å². The molecule has 0 unspecified atom stereocenters. The Hall–Kier alpha value is -2.37. The summed E-state index contributed by atoms with van der Waals surface area (Å²) in [6.07, 6.45) is 21.6. The maximum Gasteiger partial charge on any atom is 0.314 e. The Labute approximate surface area is 266 Å². The van der Waals surface area contributed by atoms with Crippen LogP contribution in [0.5, 0.6) is 5.75 Å². The van der Waals surface area contributed by atoms with Gasteiger partial charge in [-0.05, 0) is 106 Å². The van der Waals surface area contributed by atoms with Gasteiger partial charge in [-0.25, -0.2) is 0 Å². The predicted molar refractivity (Wildman–Crippen MR) is 174 cm³/mol. The van der Waals surface area contributed by atoms with E-state index in [0.717, 1.165) is 88.5 Å². The van der Waals surface area contributed by atoms with Crippen molar-refractivity contribution in [3.63, 3.8) is 0 Å². The monoisotopic (exact) mass is 610 g/mol. The first kappa shape index (κ1) is 34.5. The maximum absolute atomic E-state index is 13.1. The second-order valence-corrected chi connectivity index (χ2v) is 14.2. The Kier molecular flexibility index (Phi) is 14.1. The second kappa shape index (κ2) is 17.9. The fraction of sp³-hybridized carbons (Fsp3) is 0.763. The number of benzene rings is 1. The largest absolute Gasteiger partial charge is 0.481 e. The number of unbranched alkanes of at least 4 members (excludes halogenated alkanes) is 4. The fourth-order valence-corrected chi connectivity index (χ4v) is 7.96. The molecule has 0 radical (unpaired) electrons. The topological polar surface area (TPSA) is 89.9 Å². The summed E-state index contributed by atoms with van der Waals surface area (Å²) in [5.74, 6) is 0.964. The third-order valence-electron chi connectivity index (χ3n) is 10.9. The minimum atomic E-state index is -0.933. The molecule has 0 bridgehead atoms.